The van der Waals surface area contributed by atoms with E-state index in [4.69, 9.17) is 17.3 Å². The topological polar surface area (TPSA) is 46.3 Å². The summed E-state index contributed by atoms with van der Waals surface area (Å²) in [5.41, 5.74) is 6.93. The molecule has 0 aliphatic carbocycles. The molecule has 1 aromatic heterocycles. The molecule has 0 saturated heterocycles. The van der Waals surface area contributed by atoms with Crippen molar-refractivity contribution in [2.75, 3.05) is 19.8 Å². The van der Waals surface area contributed by atoms with Crippen LogP contribution in [0, 0.1) is 6.92 Å². The minimum atomic E-state index is -0.0545. The van der Waals surface area contributed by atoms with Crippen molar-refractivity contribution >= 4 is 34.5 Å². The van der Waals surface area contributed by atoms with Crippen molar-refractivity contribution in [3.05, 3.63) is 14.8 Å². The number of hydrogen-bond donors (Lipinski definition) is 1. The van der Waals surface area contributed by atoms with Crippen LogP contribution in [-0.2, 0) is 0 Å². The first-order valence-corrected chi connectivity index (χ1v) is 4.90. The van der Waals surface area contributed by atoms with Crippen molar-refractivity contribution < 1.29 is 4.79 Å². The van der Waals surface area contributed by atoms with E-state index in [2.05, 4.69) is 0 Å². The molecule has 72 valence electrons. The number of thiophene rings is 1. The number of carbonyl (C=O) groups excluding carboxylic acids is 1. The van der Waals surface area contributed by atoms with Gasteiger partial charge in [0, 0.05) is 14.1 Å². The maximum Gasteiger partial charge on any atom is 0.263 e. The van der Waals surface area contributed by atoms with Crippen LogP contribution >= 0.6 is 22.9 Å². The van der Waals surface area contributed by atoms with E-state index >= 15 is 0 Å². The van der Waals surface area contributed by atoms with Crippen molar-refractivity contribution in [2.45, 2.75) is 6.92 Å². The van der Waals surface area contributed by atoms with Crippen molar-refractivity contribution in [1.29, 1.82) is 0 Å². The normalized spacial score (nSPS) is 10.2. The molecule has 2 N–H and O–H groups in total. The number of amides is 1. The summed E-state index contributed by atoms with van der Waals surface area (Å²) < 4.78 is 0.489. The molecule has 1 heterocycles. The second-order valence-corrected chi connectivity index (χ2v) is 4.57. The van der Waals surface area contributed by atoms with Crippen LogP contribution < -0.4 is 5.73 Å². The highest BCUT2D eigenvalue weighted by Crippen LogP contribution is 2.34. The lowest BCUT2D eigenvalue weighted by Crippen LogP contribution is -2.21. The van der Waals surface area contributed by atoms with Crippen LogP contribution in [0.5, 0.6) is 0 Å². The van der Waals surface area contributed by atoms with Crippen LogP contribution in [0.3, 0.4) is 0 Å². The van der Waals surface area contributed by atoms with Gasteiger partial charge in [-0.15, -0.1) is 11.3 Å². The Bertz CT molecular complexity index is 346. The van der Waals surface area contributed by atoms with Crippen molar-refractivity contribution in [1.82, 2.24) is 4.90 Å². The Kier molecular flexibility index (Phi) is 2.83. The maximum absolute atomic E-state index is 11.6. The lowest BCUT2D eigenvalue weighted by atomic mass is 10.2. The molecule has 0 aliphatic rings. The third kappa shape index (κ3) is 1.78. The molecule has 5 heteroatoms. The van der Waals surface area contributed by atoms with Gasteiger partial charge in [0.25, 0.3) is 5.91 Å². The zero-order chi connectivity index (χ0) is 10.2. The average Bonchev–Trinajstić information content (AvgIpc) is 2.31. The molecule has 0 unspecified atom stereocenters. The molecular weight excluding hydrogens is 208 g/mol. The number of nitrogen functional groups attached to an aromatic ring is 1. The van der Waals surface area contributed by atoms with Gasteiger partial charge in [0.1, 0.15) is 4.34 Å². The number of rotatable bonds is 1. The van der Waals surface area contributed by atoms with Crippen LogP contribution in [0.25, 0.3) is 0 Å². The summed E-state index contributed by atoms with van der Waals surface area (Å²) in [5.74, 6) is -0.0545. The minimum absolute atomic E-state index is 0.0545. The van der Waals surface area contributed by atoms with Gasteiger partial charge in [0.15, 0.2) is 0 Å². The number of carbonyl (C=O) groups is 1. The van der Waals surface area contributed by atoms with Gasteiger partial charge in [-0.3, -0.25) is 4.79 Å². The first-order valence-electron chi connectivity index (χ1n) is 3.71. The molecule has 0 radical (unpaired) electrons. The molecule has 0 aliphatic heterocycles. The Morgan fingerprint density at radius 2 is 2.08 bits per heavy atom. The summed E-state index contributed by atoms with van der Waals surface area (Å²) in [7, 11) is 3.40. The fourth-order valence-corrected chi connectivity index (χ4v) is 2.25. The summed E-state index contributed by atoms with van der Waals surface area (Å²) >= 11 is 7.03. The third-order valence-corrected chi connectivity index (χ3v) is 3.27. The van der Waals surface area contributed by atoms with Gasteiger partial charge in [-0.1, -0.05) is 11.6 Å². The van der Waals surface area contributed by atoms with Crippen molar-refractivity contribution in [3.8, 4) is 0 Å². The number of anilines is 1. The lowest BCUT2D eigenvalue weighted by molar-refractivity contribution is 0.0831. The Hall–Kier alpha value is -0.740. The molecule has 1 amide bonds. The van der Waals surface area contributed by atoms with Crippen LogP contribution in [0.1, 0.15) is 15.2 Å². The first kappa shape index (κ1) is 10.3. The quantitative estimate of drug-likeness (QED) is 0.784. The summed E-state index contributed by atoms with van der Waals surface area (Å²) in [5, 5.41) is 0. The van der Waals surface area contributed by atoms with Crippen LogP contribution in [0.2, 0.25) is 4.34 Å². The van der Waals surface area contributed by atoms with E-state index < -0.39 is 0 Å². The second-order valence-electron chi connectivity index (χ2n) is 2.94. The third-order valence-electron chi connectivity index (χ3n) is 1.75. The Balaban J connectivity index is 3.16. The van der Waals surface area contributed by atoms with Crippen LogP contribution in [0.4, 0.5) is 5.69 Å². The molecule has 1 aromatic rings. The smallest absolute Gasteiger partial charge is 0.263 e. The molecule has 0 aromatic carbocycles. The zero-order valence-corrected chi connectivity index (χ0v) is 9.29. The molecule has 0 fully saturated rings. The molecule has 0 bridgehead atoms. The van der Waals surface area contributed by atoms with E-state index in [1.54, 1.807) is 21.0 Å². The Morgan fingerprint density at radius 3 is 2.38 bits per heavy atom. The Labute approximate surface area is 86.1 Å². The van der Waals surface area contributed by atoms with Crippen LogP contribution in [-0.4, -0.2) is 24.9 Å². The summed E-state index contributed by atoms with van der Waals surface area (Å²) in [6, 6.07) is 0. The van der Waals surface area contributed by atoms with E-state index in [9.17, 15) is 4.79 Å². The molecule has 3 nitrogen and oxygen atoms in total. The minimum Gasteiger partial charge on any atom is -0.397 e. The van der Waals surface area contributed by atoms with Gasteiger partial charge in [0.05, 0.1) is 10.6 Å². The standard InChI is InChI=1S/C8H11ClN2OS/c1-4-5(10)7(9)13-6(4)8(12)11(2)3/h10H2,1-3H3. The fourth-order valence-electron chi connectivity index (χ4n) is 0.898. The largest absolute Gasteiger partial charge is 0.397 e. The lowest BCUT2D eigenvalue weighted by Gasteiger charge is -2.08. The molecule has 0 atom stereocenters. The second kappa shape index (κ2) is 3.55. The van der Waals surface area contributed by atoms with Gasteiger partial charge < -0.3 is 10.6 Å². The molecule has 0 spiro atoms. The van der Waals surface area contributed by atoms with Gasteiger partial charge >= 0.3 is 0 Å². The van der Waals surface area contributed by atoms with E-state index in [1.807, 2.05) is 0 Å². The van der Waals surface area contributed by atoms with Gasteiger partial charge in [0.2, 0.25) is 0 Å². The van der Waals surface area contributed by atoms with E-state index in [0.717, 1.165) is 5.56 Å². The fraction of sp³-hybridized carbons (Fsp3) is 0.375. The number of nitrogens with zero attached hydrogens (tertiary/aromatic N) is 1. The number of halogens is 1. The highest BCUT2D eigenvalue weighted by molar-refractivity contribution is 7.18. The van der Waals surface area contributed by atoms with Gasteiger partial charge in [-0.2, -0.15) is 0 Å². The maximum atomic E-state index is 11.6. The van der Waals surface area contributed by atoms with Gasteiger partial charge in [-0.25, -0.2) is 0 Å². The summed E-state index contributed by atoms with van der Waals surface area (Å²) in [6.45, 7) is 1.80. The monoisotopic (exact) mass is 218 g/mol. The van der Waals surface area contributed by atoms with Crippen molar-refractivity contribution in [2.24, 2.45) is 0 Å². The molecule has 0 saturated carbocycles. The SMILES string of the molecule is Cc1c(C(=O)N(C)C)sc(Cl)c1N. The predicted octanol–water partition coefficient (Wildman–Crippen LogP) is 1.99. The number of hydrogen-bond acceptors (Lipinski definition) is 3. The Morgan fingerprint density at radius 1 is 1.54 bits per heavy atom. The molecule has 1 rings (SSSR count). The number of nitrogens with two attached hydrogens (primary N) is 1. The van der Waals surface area contributed by atoms with E-state index in [-0.39, 0.29) is 5.91 Å². The predicted molar refractivity (Wildman–Crippen MR) is 56.5 cm³/mol. The molecular formula is C8H11ClN2OS. The van der Waals surface area contributed by atoms with Crippen molar-refractivity contribution in [3.63, 3.8) is 0 Å². The van der Waals surface area contributed by atoms with Crippen LogP contribution in [0.15, 0.2) is 0 Å². The molecule has 13 heavy (non-hydrogen) atoms. The summed E-state index contributed by atoms with van der Waals surface area (Å²) in [6.07, 6.45) is 0. The van der Waals surface area contributed by atoms with Gasteiger partial charge in [-0.05, 0) is 12.5 Å². The average molecular weight is 219 g/mol. The van der Waals surface area contributed by atoms with E-state index in [0.29, 0.717) is 14.9 Å². The first-order chi connectivity index (χ1) is 5.95. The highest BCUT2D eigenvalue weighted by Gasteiger charge is 2.18. The highest BCUT2D eigenvalue weighted by atomic mass is 35.5. The summed E-state index contributed by atoms with van der Waals surface area (Å²) in [4.78, 5) is 13.7. The zero-order valence-electron chi connectivity index (χ0n) is 7.72. The van der Waals surface area contributed by atoms with E-state index in [1.165, 1.54) is 16.2 Å².